The number of nitrogens with zero attached hydrogens (tertiary/aromatic N) is 4. The second-order valence-electron chi connectivity index (χ2n) is 12.0. The minimum absolute atomic E-state index is 0.617. The zero-order chi connectivity index (χ0) is 27.8. The molecule has 0 saturated carbocycles. The van der Waals surface area contributed by atoms with Crippen LogP contribution in [0.2, 0.25) is 0 Å². The standard InChI is InChI=1S/C36H39N5/c1-25-12-16-28(17-13-25)38-32-22-33-36(23-31(32)37-24-27-8-7-21-40-20-6-5-10-34(27)40)41(29-18-14-26(2)15-19-29)35-11-4-3-9-30(35)39-33/h3-4,9,11-19,22-23,27,34,38H,5-8,10,20-21,24H2,1-2H3/t27-,34+/m0/s1. The van der Waals surface area contributed by atoms with Gasteiger partial charge in [-0.25, -0.2) is 4.98 Å². The van der Waals surface area contributed by atoms with E-state index in [1.54, 1.807) is 0 Å². The smallest absolute Gasteiger partial charge is 0.0900 e. The van der Waals surface area contributed by atoms with Crippen LogP contribution < -0.4 is 10.7 Å². The van der Waals surface area contributed by atoms with Crippen molar-refractivity contribution in [2.24, 2.45) is 10.9 Å². The first-order valence-electron chi connectivity index (χ1n) is 15.2. The Morgan fingerprint density at radius 3 is 2.41 bits per heavy atom. The monoisotopic (exact) mass is 541 g/mol. The Morgan fingerprint density at radius 2 is 1.59 bits per heavy atom. The summed E-state index contributed by atoms with van der Waals surface area (Å²) in [4.78, 5) is 13.3. The van der Waals surface area contributed by atoms with Gasteiger partial charge in [-0.3, -0.25) is 4.99 Å². The predicted octanol–water partition coefficient (Wildman–Crippen LogP) is 7.66. The molecule has 1 aliphatic carbocycles. The molecule has 41 heavy (non-hydrogen) atoms. The van der Waals surface area contributed by atoms with E-state index in [1.807, 2.05) is 0 Å². The highest BCUT2D eigenvalue weighted by Gasteiger charge is 2.32. The summed E-state index contributed by atoms with van der Waals surface area (Å²) < 4.78 is 2.34. The first-order valence-corrected chi connectivity index (χ1v) is 15.2. The average molecular weight is 542 g/mol. The third-order valence-electron chi connectivity index (χ3n) is 9.04. The molecule has 3 heterocycles. The highest BCUT2D eigenvalue weighted by atomic mass is 15.2. The zero-order valence-corrected chi connectivity index (χ0v) is 24.2. The number of hydrogen-bond acceptors (Lipinski definition) is 4. The summed E-state index contributed by atoms with van der Waals surface area (Å²) in [5.74, 6) is 0.617. The van der Waals surface area contributed by atoms with Crippen molar-refractivity contribution in [3.05, 3.63) is 101 Å². The molecule has 3 aromatic carbocycles. The Kier molecular flexibility index (Phi) is 7.05. The van der Waals surface area contributed by atoms with Crippen molar-refractivity contribution >= 4 is 22.4 Å². The van der Waals surface area contributed by atoms with Crippen LogP contribution in [0.3, 0.4) is 0 Å². The summed E-state index contributed by atoms with van der Waals surface area (Å²) in [5.41, 5.74) is 9.81. The number of aromatic nitrogens is 2. The molecule has 2 fully saturated rings. The topological polar surface area (TPSA) is 45.5 Å². The lowest BCUT2D eigenvalue weighted by Gasteiger charge is -2.44. The van der Waals surface area contributed by atoms with Crippen LogP contribution in [-0.4, -0.2) is 40.1 Å². The van der Waals surface area contributed by atoms with Crippen LogP contribution in [0.25, 0.3) is 28.1 Å². The number of rotatable bonds is 5. The first-order chi connectivity index (χ1) is 20.1. The molecule has 1 N–H and O–H groups in total. The SMILES string of the molecule is Cc1ccc(Nc2cc3nc4ccccc4n(-c4ccc(C)cc4)c-3cc2=NC[C@@H]2CCCN3CCCC[C@H]23)cc1. The summed E-state index contributed by atoms with van der Waals surface area (Å²) in [6.07, 6.45) is 6.56. The maximum atomic E-state index is 5.38. The highest BCUT2D eigenvalue weighted by molar-refractivity contribution is 5.84. The van der Waals surface area contributed by atoms with Gasteiger partial charge in [-0.15, -0.1) is 0 Å². The molecule has 5 nitrogen and oxygen atoms in total. The maximum absolute atomic E-state index is 5.38. The fourth-order valence-corrected chi connectivity index (χ4v) is 6.84. The van der Waals surface area contributed by atoms with E-state index in [4.69, 9.17) is 9.98 Å². The molecular weight excluding hydrogens is 502 g/mol. The molecule has 2 atom stereocenters. The van der Waals surface area contributed by atoms with Crippen molar-refractivity contribution < 1.29 is 0 Å². The van der Waals surface area contributed by atoms with E-state index in [0.29, 0.717) is 12.0 Å². The van der Waals surface area contributed by atoms with E-state index in [2.05, 4.69) is 114 Å². The number of hydrogen-bond donors (Lipinski definition) is 1. The van der Waals surface area contributed by atoms with Crippen molar-refractivity contribution in [1.82, 2.24) is 14.5 Å². The normalized spacial score (nSPS) is 19.9. The van der Waals surface area contributed by atoms with Gasteiger partial charge in [0.05, 0.1) is 33.5 Å². The molecule has 3 aliphatic heterocycles. The van der Waals surface area contributed by atoms with Crippen LogP contribution in [0.5, 0.6) is 0 Å². The van der Waals surface area contributed by atoms with Crippen molar-refractivity contribution in [1.29, 1.82) is 0 Å². The Bertz CT molecular complexity index is 1700. The summed E-state index contributed by atoms with van der Waals surface area (Å²) in [5, 5.41) is 4.70. The van der Waals surface area contributed by atoms with Crippen molar-refractivity contribution in [3.63, 3.8) is 0 Å². The van der Waals surface area contributed by atoms with E-state index in [0.717, 1.165) is 51.4 Å². The number of aryl methyl sites for hydroxylation is 2. The van der Waals surface area contributed by atoms with Crippen LogP contribution in [0, 0.1) is 19.8 Å². The summed E-state index contributed by atoms with van der Waals surface area (Å²) in [7, 11) is 0. The van der Waals surface area contributed by atoms with Crippen LogP contribution in [0.1, 0.15) is 43.2 Å². The van der Waals surface area contributed by atoms with Gasteiger partial charge in [0, 0.05) is 24.0 Å². The van der Waals surface area contributed by atoms with E-state index in [-0.39, 0.29) is 0 Å². The third kappa shape index (κ3) is 5.27. The van der Waals surface area contributed by atoms with Crippen LogP contribution in [-0.2, 0) is 0 Å². The third-order valence-corrected chi connectivity index (χ3v) is 9.04. The van der Waals surface area contributed by atoms with Gasteiger partial charge in [0.1, 0.15) is 0 Å². The fraction of sp³-hybridized carbons (Fsp3) is 0.333. The van der Waals surface area contributed by atoms with E-state index in [1.165, 1.54) is 56.3 Å². The number of piperidine rings is 2. The second-order valence-corrected chi connectivity index (χ2v) is 12.0. The van der Waals surface area contributed by atoms with Gasteiger partial charge in [0.2, 0.25) is 0 Å². The lowest BCUT2D eigenvalue weighted by molar-refractivity contribution is 0.0631. The largest absolute Gasteiger partial charge is 0.354 e. The maximum Gasteiger partial charge on any atom is 0.0900 e. The van der Waals surface area contributed by atoms with Crippen molar-refractivity contribution in [2.75, 3.05) is 25.0 Å². The van der Waals surface area contributed by atoms with Gasteiger partial charge in [-0.05, 0) is 107 Å². The number of anilines is 2. The molecule has 3 aromatic rings. The van der Waals surface area contributed by atoms with E-state index in [9.17, 15) is 0 Å². The minimum atomic E-state index is 0.617. The van der Waals surface area contributed by atoms with Gasteiger partial charge < -0.3 is 14.8 Å². The summed E-state index contributed by atoms with van der Waals surface area (Å²) >= 11 is 0. The molecule has 5 heteroatoms. The Morgan fingerprint density at radius 1 is 0.829 bits per heavy atom. The summed E-state index contributed by atoms with van der Waals surface area (Å²) in [6.45, 7) is 7.63. The molecule has 0 bridgehead atoms. The molecule has 0 aromatic heterocycles. The Balaban J connectivity index is 1.39. The number of para-hydroxylation sites is 2. The fourth-order valence-electron chi connectivity index (χ4n) is 6.84. The van der Waals surface area contributed by atoms with Crippen LogP contribution >= 0.6 is 0 Å². The van der Waals surface area contributed by atoms with Gasteiger partial charge in [-0.2, -0.15) is 0 Å². The quantitative estimate of drug-likeness (QED) is 0.232. The lowest BCUT2D eigenvalue weighted by atomic mass is 9.83. The molecule has 2 saturated heterocycles. The van der Waals surface area contributed by atoms with Gasteiger partial charge in [0.15, 0.2) is 0 Å². The van der Waals surface area contributed by atoms with Gasteiger partial charge >= 0.3 is 0 Å². The first kappa shape index (κ1) is 26.0. The minimum Gasteiger partial charge on any atom is -0.354 e. The number of fused-ring (bicyclic) bond motifs is 3. The van der Waals surface area contributed by atoms with E-state index < -0.39 is 0 Å². The zero-order valence-electron chi connectivity index (χ0n) is 24.2. The van der Waals surface area contributed by atoms with E-state index >= 15 is 0 Å². The average Bonchev–Trinajstić information content (AvgIpc) is 3.00. The molecule has 7 rings (SSSR count). The van der Waals surface area contributed by atoms with Crippen LogP contribution in [0.15, 0.2) is 89.9 Å². The predicted molar refractivity (Wildman–Crippen MR) is 169 cm³/mol. The molecule has 0 spiro atoms. The molecule has 4 aliphatic rings. The van der Waals surface area contributed by atoms with Crippen molar-refractivity contribution in [2.45, 2.75) is 52.0 Å². The second kappa shape index (κ2) is 11.1. The van der Waals surface area contributed by atoms with Gasteiger partial charge in [-0.1, -0.05) is 53.9 Å². The number of benzene rings is 4. The highest BCUT2D eigenvalue weighted by Crippen LogP contribution is 2.32. The lowest BCUT2D eigenvalue weighted by Crippen LogP contribution is -2.48. The number of nitrogens with one attached hydrogen (secondary N) is 1. The van der Waals surface area contributed by atoms with Crippen molar-refractivity contribution in [3.8, 4) is 17.1 Å². The summed E-state index contributed by atoms with van der Waals surface area (Å²) in [6, 6.07) is 30.9. The Hall–Kier alpha value is -3.96. The Labute approximate surface area is 242 Å². The molecule has 0 radical (unpaired) electrons. The molecule has 0 amide bonds. The van der Waals surface area contributed by atoms with Crippen LogP contribution in [0.4, 0.5) is 11.4 Å². The van der Waals surface area contributed by atoms with Gasteiger partial charge in [0.25, 0.3) is 0 Å². The molecule has 208 valence electrons. The molecule has 0 unspecified atom stereocenters. The molecular formula is C36H39N5.